The zero-order valence-electron chi connectivity index (χ0n) is 13.1. The predicted octanol–water partition coefficient (Wildman–Crippen LogP) is 2.09. The molecule has 0 unspecified atom stereocenters. The molecule has 0 aliphatic rings. The van der Waals surface area contributed by atoms with E-state index in [1.807, 2.05) is 13.8 Å². The minimum Gasteiger partial charge on any atom is -0.363 e. The molecule has 0 saturated carbocycles. The highest BCUT2D eigenvalue weighted by atomic mass is 32.2. The molecule has 1 aromatic carbocycles. The van der Waals surface area contributed by atoms with Crippen molar-refractivity contribution in [2.45, 2.75) is 39.1 Å². The molecule has 5 nitrogen and oxygen atoms in total. The minimum atomic E-state index is -3.61. The molecule has 1 aromatic heterocycles. The van der Waals surface area contributed by atoms with Crippen LogP contribution >= 0.6 is 0 Å². The van der Waals surface area contributed by atoms with Gasteiger partial charge in [-0.3, -0.25) is 4.79 Å². The van der Waals surface area contributed by atoms with E-state index >= 15 is 0 Å². The molecular formula is C16H20N2O3S. The quantitative estimate of drug-likeness (QED) is 0.905. The van der Waals surface area contributed by atoms with Gasteiger partial charge in [-0.15, -0.1) is 0 Å². The van der Waals surface area contributed by atoms with E-state index in [1.54, 1.807) is 38.2 Å². The molecule has 2 aromatic rings. The number of benzene rings is 1. The van der Waals surface area contributed by atoms with Crippen molar-refractivity contribution >= 4 is 10.0 Å². The van der Waals surface area contributed by atoms with Gasteiger partial charge in [0.2, 0.25) is 10.0 Å². The molecule has 0 fully saturated rings. The predicted molar refractivity (Wildman–Crippen MR) is 86.5 cm³/mol. The number of aromatic nitrogens is 1. The lowest BCUT2D eigenvalue weighted by Gasteiger charge is -2.10. The standard InChI is InChI=1S/C16H20N2O3S/c1-10-5-6-14(7-11(10)2)22(20,21)18-9-15-13(4)16(19)12(3)8-17-15/h5-8,18H,9H2,1-4H3,(H,17,19). The van der Waals surface area contributed by atoms with Crippen molar-refractivity contribution in [2.24, 2.45) is 0 Å². The summed E-state index contributed by atoms with van der Waals surface area (Å²) >= 11 is 0. The van der Waals surface area contributed by atoms with Gasteiger partial charge in [-0.1, -0.05) is 6.07 Å². The molecule has 0 aliphatic heterocycles. The zero-order valence-corrected chi connectivity index (χ0v) is 14.0. The van der Waals surface area contributed by atoms with Crippen LogP contribution in [-0.2, 0) is 16.6 Å². The Morgan fingerprint density at radius 2 is 1.73 bits per heavy atom. The van der Waals surface area contributed by atoms with E-state index in [9.17, 15) is 13.2 Å². The number of H-pyrrole nitrogens is 1. The Labute approximate surface area is 130 Å². The van der Waals surface area contributed by atoms with E-state index < -0.39 is 10.0 Å². The van der Waals surface area contributed by atoms with Crippen molar-refractivity contribution in [3.05, 3.63) is 62.6 Å². The lowest BCUT2D eigenvalue weighted by Crippen LogP contribution is -2.26. The van der Waals surface area contributed by atoms with E-state index in [-0.39, 0.29) is 16.9 Å². The number of pyridine rings is 1. The molecule has 2 rings (SSSR count). The Balaban J connectivity index is 2.25. The normalized spacial score (nSPS) is 11.6. The molecule has 0 bridgehead atoms. The first-order valence-electron chi connectivity index (χ1n) is 6.97. The van der Waals surface area contributed by atoms with Crippen molar-refractivity contribution in [3.63, 3.8) is 0 Å². The Bertz CT molecular complexity index is 867. The number of hydrogen-bond acceptors (Lipinski definition) is 3. The third kappa shape index (κ3) is 3.28. The highest BCUT2D eigenvalue weighted by Gasteiger charge is 2.15. The van der Waals surface area contributed by atoms with Gasteiger partial charge in [0.25, 0.3) is 0 Å². The Morgan fingerprint density at radius 3 is 2.36 bits per heavy atom. The van der Waals surface area contributed by atoms with Crippen molar-refractivity contribution in [2.75, 3.05) is 0 Å². The second kappa shape index (κ2) is 6.06. The molecule has 0 atom stereocenters. The van der Waals surface area contributed by atoms with E-state index in [0.29, 0.717) is 16.8 Å². The first-order chi connectivity index (χ1) is 10.2. The summed E-state index contributed by atoms with van der Waals surface area (Å²) in [6, 6.07) is 5.00. The molecular weight excluding hydrogens is 300 g/mol. The van der Waals surface area contributed by atoms with E-state index in [2.05, 4.69) is 9.71 Å². The summed E-state index contributed by atoms with van der Waals surface area (Å²) in [5, 5.41) is 0. The molecule has 1 heterocycles. The summed E-state index contributed by atoms with van der Waals surface area (Å²) in [5.74, 6) is 0. The monoisotopic (exact) mass is 320 g/mol. The van der Waals surface area contributed by atoms with Crippen LogP contribution in [0.25, 0.3) is 0 Å². The van der Waals surface area contributed by atoms with Crippen molar-refractivity contribution in [3.8, 4) is 0 Å². The molecule has 0 amide bonds. The second-order valence-corrected chi connectivity index (χ2v) is 7.24. The first-order valence-corrected chi connectivity index (χ1v) is 8.45. The highest BCUT2D eigenvalue weighted by Crippen LogP contribution is 2.15. The maximum absolute atomic E-state index is 12.3. The summed E-state index contributed by atoms with van der Waals surface area (Å²) in [4.78, 5) is 15.1. The summed E-state index contributed by atoms with van der Waals surface area (Å²) in [7, 11) is -3.61. The zero-order chi connectivity index (χ0) is 16.5. The van der Waals surface area contributed by atoms with Crippen LogP contribution in [0, 0.1) is 27.7 Å². The average molecular weight is 320 g/mol. The smallest absolute Gasteiger partial charge is 0.240 e. The number of nitrogens with one attached hydrogen (secondary N) is 2. The van der Waals surface area contributed by atoms with Crippen LogP contribution in [0.3, 0.4) is 0 Å². The maximum atomic E-state index is 12.3. The van der Waals surface area contributed by atoms with Crippen LogP contribution in [0.1, 0.15) is 27.9 Å². The molecule has 0 radical (unpaired) electrons. The molecule has 2 N–H and O–H groups in total. The Kier molecular flexibility index (Phi) is 4.53. The van der Waals surface area contributed by atoms with Gasteiger partial charge in [-0.25, -0.2) is 13.1 Å². The van der Waals surface area contributed by atoms with Crippen molar-refractivity contribution in [1.29, 1.82) is 0 Å². The van der Waals surface area contributed by atoms with E-state index in [1.165, 1.54) is 0 Å². The number of aromatic amines is 1. The molecule has 22 heavy (non-hydrogen) atoms. The molecule has 0 spiro atoms. The maximum Gasteiger partial charge on any atom is 0.240 e. The molecule has 6 heteroatoms. The van der Waals surface area contributed by atoms with E-state index in [0.717, 1.165) is 11.1 Å². The van der Waals surface area contributed by atoms with Gasteiger partial charge in [0.05, 0.1) is 11.4 Å². The number of rotatable bonds is 4. The number of sulfonamides is 1. The summed E-state index contributed by atoms with van der Waals surface area (Å²) in [5.41, 5.74) is 3.60. The van der Waals surface area contributed by atoms with Gasteiger partial charge >= 0.3 is 0 Å². The molecule has 118 valence electrons. The number of aryl methyl sites for hydroxylation is 3. The Morgan fingerprint density at radius 1 is 1.05 bits per heavy atom. The third-order valence-electron chi connectivity index (χ3n) is 3.84. The second-order valence-electron chi connectivity index (χ2n) is 5.47. The lowest BCUT2D eigenvalue weighted by molar-refractivity contribution is 0.580. The topological polar surface area (TPSA) is 79.0 Å². The minimum absolute atomic E-state index is 0.0522. The fraction of sp³-hybridized carbons (Fsp3) is 0.312. The van der Waals surface area contributed by atoms with E-state index in [4.69, 9.17) is 0 Å². The highest BCUT2D eigenvalue weighted by molar-refractivity contribution is 7.89. The third-order valence-corrected chi connectivity index (χ3v) is 5.24. The van der Waals surface area contributed by atoms with Crippen LogP contribution in [0.15, 0.2) is 34.1 Å². The molecule has 0 saturated heterocycles. The van der Waals surface area contributed by atoms with Gasteiger partial charge in [0.15, 0.2) is 5.43 Å². The van der Waals surface area contributed by atoms with Crippen LogP contribution in [0.4, 0.5) is 0 Å². The van der Waals surface area contributed by atoms with Gasteiger partial charge in [-0.05, 0) is 51.0 Å². The van der Waals surface area contributed by atoms with Crippen LogP contribution in [0.2, 0.25) is 0 Å². The van der Waals surface area contributed by atoms with Crippen LogP contribution in [-0.4, -0.2) is 13.4 Å². The average Bonchev–Trinajstić information content (AvgIpc) is 2.47. The van der Waals surface area contributed by atoms with Crippen molar-refractivity contribution < 1.29 is 8.42 Å². The van der Waals surface area contributed by atoms with Gasteiger partial charge in [0, 0.05) is 23.0 Å². The van der Waals surface area contributed by atoms with Crippen molar-refractivity contribution in [1.82, 2.24) is 9.71 Å². The number of hydrogen-bond donors (Lipinski definition) is 2. The summed E-state index contributed by atoms with van der Waals surface area (Å²) in [6.45, 7) is 7.26. The SMILES string of the molecule is Cc1ccc(S(=O)(=O)NCc2[nH]cc(C)c(=O)c2C)cc1C. The van der Waals surface area contributed by atoms with Gasteiger partial charge in [-0.2, -0.15) is 0 Å². The largest absolute Gasteiger partial charge is 0.363 e. The summed E-state index contributed by atoms with van der Waals surface area (Å²) in [6.07, 6.45) is 1.59. The molecule has 0 aliphatic carbocycles. The Hall–Kier alpha value is -1.92. The fourth-order valence-electron chi connectivity index (χ4n) is 2.12. The summed E-state index contributed by atoms with van der Waals surface area (Å²) < 4.78 is 27.2. The van der Waals surface area contributed by atoms with Crippen LogP contribution in [0.5, 0.6) is 0 Å². The lowest BCUT2D eigenvalue weighted by atomic mass is 10.1. The van der Waals surface area contributed by atoms with Gasteiger partial charge < -0.3 is 4.98 Å². The first kappa shape index (κ1) is 16.5. The van der Waals surface area contributed by atoms with Crippen LogP contribution < -0.4 is 10.2 Å². The fourth-order valence-corrected chi connectivity index (χ4v) is 3.20. The van der Waals surface area contributed by atoms with Gasteiger partial charge in [0.1, 0.15) is 0 Å².